The summed E-state index contributed by atoms with van der Waals surface area (Å²) in [6.07, 6.45) is -0.258. The third-order valence-electron chi connectivity index (χ3n) is 1.51. The molecule has 0 rings (SSSR count). The molecule has 0 saturated heterocycles. The summed E-state index contributed by atoms with van der Waals surface area (Å²) < 4.78 is 24.9. The van der Waals surface area contributed by atoms with Crippen LogP contribution in [-0.4, -0.2) is 17.9 Å². The van der Waals surface area contributed by atoms with Gasteiger partial charge in [-0.05, 0) is 0 Å². The average Bonchev–Trinajstić information content (AvgIpc) is 2.27. The summed E-state index contributed by atoms with van der Waals surface area (Å²) in [5, 5.41) is 0. The summed E-state index contributed by atoms with van der Waals surface area (Å²) in [6.45, 7) is 4.36. The predicted molar refractivity (Wildman–Crippen MR) is 56.8 cm³/mol. The number of rotatable bonds is 6. The van der Waals surface area contributed by atoms with Crippen LogP contribution in [0.15, 0.2) is 0 Å². The van der Waals surface area contributed by atoms with E-state index in [1.54, 1.807) is 0 Å². The molecule has 0 radical (unpaired) electrons. The zero-order chi connectivity index (χ0) is 13.5. The Balaban J connectivity index is 4.80. The van der Waals surface area contributed by atoms with Crippen molar-refractivity contribution in [2.45, 2.75) is 40.0 Å². The highest BCUT2D eigenvalue weighted by Crippen LogP contribution is 2.50. The van der Waals surface area contributed by atoms with Crippen LogP contribution in [0, 0.1) is 0 Å². The molecule has 17 heavy (non-hydrogen) atoms. The van der Waals surface area contributed by atoms with E-state index in [9.17, 15) is 18.9 Å². The van der Waals surface area contributed by atoms with Crippen molar-refractivity contribution in [1.29, 1.82) is 0 Å². The smallest absolute Gasteiger partial charge is 0.352 e. The molecule has 0 spiro atoms. The number of phosphoric ester groups is 1. The molecule has 0 bridgehead atoms. The van der Waals surface area contributed by atoms with E-state index in [1.807, 2.05) is 0 Å². The minimum absolute atomic E-state index is 0.0860. The predicted octanol–water partition coefficient (Wildman–Crippen LogP) is 1.95. The van der Waals surface area contributed by atoms with E-state index in [1.165, 1.54) is 20.8 Å². The molecule has 0 heterocycles. The van der Waals surface area contributed by atoms with Gasteiger partial charge in [0, 0.05) is 19.3 Å². The Morgan fingerprint density at radius 2 is 1.00 bits per heavy atom. The highest BCUT2D eigenvalue weighted by atomic mass is 31.2. The SMILES string of the molecule is CCC(=O)OP(=O)(OC(=O)CC)OC(=O)CC. The molecule has 0 aliphatic carbocycles. The first-order valence-corrected chi connectivity index (χ1v) is 6.60. The number of hydrogen-bond acceptors (Lipinski definition) is 7. The van der Waals surface area contributed by atoms with Gasteiger partial charge in [0.05, 0.1) is 0 Å². The highest BCUT2D eigenvalue weighted by molar-refractivity contribution is 7.50. The first kappa shape index (κ1) is 15.6. The third-order valence-corrected chi connectivity index (χ3v) is 2.79. The van der Waals surface area contributed by atoms with Crippen LogP contribution >= 0.6 is 7.82 Å². The van der Waals surface area contributed by atoms with Gasteiger partial charge in [-0.2, -0.15) is 4.57 Å². The fourth-order valence-corrected chi connectivity index (χ4v) is 1.87. The fraction of sp³-hybridized carbons (Fsp3) is 0.667. The third kappa shape index (κ3) is 6.06. The summed E-state index contributed by atoms with van der Waals surface area (Å²) >= 11 is 0. The minimum atomic E-state index is -4.49. The van der Waals surface area contributed by atoms with Crippen LogP contribution in [0.1, 0.15) is 40.0 Å². The first-order chi connectivity index (χ1) is 7.86. The lowest BCUT2D eigenvalue weighted by molar-refractivity contribution is -0.144. The van der Waals surface area contributed by atoms with Gasteiger partial charge in [0.25, 0.3) is 0 Å². The monoisotopic (exact) mass is 266 g/mol. The van der Waals surface area contributed by atoms with Gasteiger partial charge in [0.2, 0.25) is 0 Å². The lowest BCUT2D eigenvalue weighted by atomic mass is 10.5. The molecular formula is C9H15O7P. The molecule has 0 aromatic rings. The van der Waals surface area contributed by atoms with Crippen LogP contribution in [0.2, 0.25) is 0 Å². The lowest BCUT2D eigenvalue weighted by Gasteiger charge is -2.15. The summed E-state index contributed by atoms with van der Waals surface area (Å²) in [5.74, 6) is -2.66. The van der Waals surface area contributed by atoms with Crippen LogP contribution < -0.4 is 0 Å². The lowest BCUT2D eigenvalue weighted by Crippen LogP contribution is -2.12. The highest BCUT2D eigenvalue weighted by Gasteiger charge is 2.38. The van der Waals surface area contributed by atoms with E-state index >= 15 is 0 Å². The van der Waals surface area contributed by atoms with Crippen molar-refractivity contribution in [3.63, 3.8) is 0 Å². The van der Waals surface area contributed by atoms with Gasteiger partial charge in [-0.15, -0.1) is 0 Å². The number of phosphoric acid groups is 1. The van der Waals surface area contributed by atoms with Crippen LogP contribution in [-0.2, 0) is 32.5 Å². The number of carbonyl (C=O) groups excluding carboxylic acids is 3. The molecule has 8 heteroatoms. The average molecular weight is 266 g/mol. The zero-order valence-corrected chi connectivity index (χ0v) is 10.8. The molecular weight excluding hydrogens is 251 g/mol. The van der Waals surface area contributed by atoms with Gasteiger partial charge in [-0.25, -0.2) is 0 Å². The maximum Gasteiger partial charge on any atom is 0.653 e. The molecule has 98 valence electrons. The van der Waals surface area contributed by atoms with E-state index in [-0.39, 0.29) is 19.3 Å². The van der Waals surface area contributed by atoms with E-state index in [2.05, 4.69) is 13.6 Å². The van der Waals surface area contributed by atoms with Crippen molar-refractivity contribution in [2.24, 2.45) is 0 Å². The molecule has 0 saturated carbocycles. The van der Waals surface area contributed by atoms with E-state index < -0.39 is 25.7 Å². The molecule has 0 aliphatic heterocycles. The Labute approximate surface area is 99.0 Å². The normalized spacial score (nSPS) is 10.5. The van der Waals surface area contributed by atoms with Crippen molar-refractivity contribution in [3.05, 3.63) is 0 Å². The standard InChI is InChI=1S/C9H15O7P/c1-4-7(10)14-17(13,15-8(11)5-2)16-9(12)6-3/h4-6H2,1-3H3. The topological polar surface area (TPSA) is 96.0 Å². The Morgan fingerprint density at radius 3 is 1.18 bits per heavy atom. The van der Waals surface area contributed by atoms with Gasteiger partial charge in [0.1, 0.15) is 0 Å². The van der Waals surface area contributed by atoms with Gasteiger partial charge >= 0.3 is 25.7 Å². The Kier molecular flexibility index (Phi) is 6.50. The molecule has 0 amide bonds. The molecule has 0 atom stereocenters. The minimum Gasteiger partial charge on any atom is -0.352 e. The van der Waals surface area contributed by atoms with Crippen LogP contribution in [0.5, 0.6) is 0 Å². The largest absolute Gasteiger partial charge is 0.653 e. The van der Waals surface area contributed by atoms with E-state index in [4.69, 9.17) is 0 Å². The molecule has 0 fully saturated rings. The Hall–Kier alpha value is -1.36. The van der Waals surface area contributed by atoms with Gasteiger partial charge < -0.3 is 13.6 Å². The molecule has 0 aromatic heterocycles. The van der Waals surface area contributed by atoms with Crippen molar-refractivity contribution >= 4 is 25.7 Å². The van der Waals surface area contributed by atoms with Crippen molar-refractivity contribution in [1.82, 2.24) is 0 Å². The van der Waals surface area contributed by atoms with Gasteiger partial charge in [-0.3, -0.25) is 14.4 Å². The van der Waals surface area contributed by atoms with Crippen LogP contribution in [0.3, 0.4) is 0 Å². The van der Waals surface area contributed by atoms with E-state index in [0.717, 1.165) is 0 Å². The molecule has 0 unspecified atom stereocenters. The second-order valence-electron chi connectivity index (χ2n) is 2.90. The van der Waals surface area contributed by atoms with Crippen LogP contribution in [0.4, 0.5) is 0 Å². The second-order valence-corrected chi connectivity index (χ2v) is 4.34. The zero-order valence-electron chi connectivity index (χ0n) is 9.93. The summed E-state index contributed by atoms with van der Waals surface area (Å²) in [6, 6.07) is 0. The number of hydrogen-bond donors (Lipinski definition) is 0. The second kappa shape index (κ2) is 7.06. The maximum absolute atomic E-state index is 11.8. The fourth-order valence-electron chi connectivity index (χ4n) is 0.624. The molecule has 7 nitrogen and oxygen atoms in total. The summed E-state index contributed by atoms with van der Waals surface area (Å²) in [4.78, 5) is 33.0. The van der Waals surface area contributed by atoms with Gasteiger partial charge in [0.15, 0.2) is 0 Å². The van der Waals surface area contributed by atoms with Crippen molar-refractivity contribution in [3.8, 4) is 0 Å². The summed E-state index contributed by atoms with van der Waals surface area (Å²) in [7, 11) is -4.49. The molecule has 0 N–H and O–H groups in total. The van der Waals surface area contributed by atoms with Crippen LogP contribution in [0.25, 0.3) is 0 Å². The quantitative estimate of drug-likeness (QED) is 0.678. The number of carbonyl (C=O) groups is 3. The maximum atomic E-state index is 11.8. The van der Waals surface area contributed by atoms with Crippen molar-refractivity contribution in [2.75, 3.05) is 0 Å². The Bertz CT molecular complexity index is 297. The van der Waals surface area contributed by atoms with Crippen molar-refractivity contribution < 1.29 is 32.5 Å². The summed E-state index contributed by atoms with van der Waals surface area (Å²) in [5.41, 5.74) is 0. The molecule has 0 aromatic carbocycles. The van der Waals surface area contributed by atoms with Gasteiger partial charge in [-0.1, -0.05) is 20.8 Å². The first-order valence-electron chi connectivity index (χ1n) is 5.14. The van der Waals surface area contributed by atoms with E-state index in [0.29, 0.717) is 0 Å². The molecule has 0 aliphatic rings. The Morgan fingerprint density at radius 1 is 0.765 bits per heavy atom.